The molecule has 0 radical (unpaired) electrons. The number of carbonyl (C=O) groups is 1. The quantitative estimate of drug-likeness (QED) is 0.832. The van der Waals surface area contributed by atoms with Crippen molar-refractivity contribution in [1.82, 2.24) is 9.88 Å². The van der Waals surface area contributed by atoms with Crippen LogP contribution in [0.3, 0.4) is 0 Å². The van der Waals surface area contributed by atoms with E-state index in [9.17, 15) is 4.79 Å². The number of hydrogen-bond acceptors (Lipinski definition) is 3. The van der Waals surface area contributed by atoms with Gasteiger partial charge in [0.1, 0.15) is 18.1 Å². The molecule has 0 N–H and O–H groups in total. The van der Waals surface area contributed by atoms with Crippen molar-refractivity contribution < 1.29 is 9.53 Å². The van der Waals surface area contributed by atoms with Crippen LogP contribution in [0.2, 0.25) is 0 Å². The summed E-state index contributed by atoms with van der Waals surface area (Å²) in [6.45, 7) is 2.95. The van der Waals surface area contributed by atoms with Crippen molar-refractivity contribution in [2.24, 2.45) is 0 Å². The van der Waals surface area contributed by atoms with Gasteiger partial charge in [0.25, 0.3) is 5.91 Å². The van der Waals surface area contributed by atoms with E-state index >= 15 is 0 Å². The van der Waals surface area contributed by atoms with Crippen LogP contribution in [-0.2, 0) is 0 Å². The molecule has 0 aliphatic rings. The third kappa shape index (κ3) is 4.29. The van der Waals surface area contributed by atoms with E-state index in [0.29, 0.717) is 18.8 Å². The van der Waals surface area contributed by atoms with Gasteiger partial charge in [-0.15, -0.1) is 0 Å². The largest absolute Gasteiger partial charge is 0.491 e. The lowest BCUT2D eigenvalue weighted by atomic mass is 10.2. The van der Waals surface area contributed by atoms with E-state index in [-0.39, 0.29) is 5.91 Å². The Morgan fingerprint density at radius 3 is 2.71 bits per heavy atom. The first kappa shape index (κ1) is 15.5. The van der Waals surface area contributed by atoms with Gasteiger partial charge in [-0.05, 0) is 46.6 Å². The molecular formula is C16H17BrN2O2. The molecule has 1 amide bonds. The van der Waals surface area contributed by atoms with Crippen molar-refractivity contribution in [1.29, 1.82) is 0 Å². The Morgan fingerprint density at radius 1 is 1.29 bits per heavy atom. The number of para-hydroxylation sites is 1. The minimum Gasteiger partial charge on any atom is -0.491 e. The molecule has 2 rings (SSSR count). The normalized spacial score (nSPS) is 10.2. The highest BCUT2D eigenvalue weighted by Crippen LogP contribution is 2.16. The number of nitrogens with zero attached hydrogens (tertiary/aromatic N) is 2. The van der Waals surface area contributed by atoms with Crippen molar-refractivity contribution in [2.75, 3.05) is 20.2 Å². The molecule has 0 atom stereocenters. The SMILES string of the molecule is Cc1ccccc1OCCN(C)C(=O)c1ccc(Br)cn1. The van der Waals surface area contributed by atoms with Crippen LogP contribution in [0.5, 0.6) is 5.75 Å². The highest BCUT2D eigenvalue weighted by atomic mass is 79.9. The zero-order chi connectivity index (χ0) is 15.2. The Morgan fingerprint density at radius 2 is 2.05 bits per heavy atom. The number of amides is 1. The summed E-state index contributed by atoms with van der Waals surface area (Å²) in [5, 5.41) is 0. The first-order valence-electron chi connectivity index (χ1n) is 6.63. The summed E-state index contributed by atoms with van der Waals surface area (Å²) in [4.78, 5) is 17.9. The summed E-state index contributed by atoms with van der Waals surface area (Å²) in [5.74, 6) is 0.732. The molecular weight excluding hydrogens is 332 g/mol. The monoisotopic (exact) mass is 348 g/mol. The minimum atomic E-state index is -0.115. The Bertz CT molecular complexity index is 614. The van der Waals surface area contributed by atoms with E-state index in [1.165, 1.54) is 0 Å². The third-order valence-electron chi connectivity index (χ3n) is 3.07. The summed E-state index contributed by atoms with van der Waals surface area (Å²) in [6.07, 6.45) is 1.62. The van der Waals surface area contributed by atoms with E-state index in [2.05, 4.69) is 20.9 Å². The topological polar surface area (TPSA) is 42.4 Å². The van der Waals surface area contributed by atoms with Gasteiger partial charge in [0.15, 0.2) is 0 Å². The number of likely N-dealkylation sites (N-methyl/N-ethyl adjacent to an activating group) is 1. The number of aromatic nitrogens is 1. The van der Waals surface area contributed by atoms with E-state index in [4.69, 9.17) is 4.74 Å². The van der Waals surface area contributed by atoms with Crippen LogP contribution in [0.25, 0.3) is 0 Å². The summed E-state index contributed by atoms with van der Waals surface area (Å²) < 4.78 is 6.54. The number of rotatable bonds is 5. The van der Waals surface area contributed by atoms with Crippen LogP contribution < -0.4 is 4.74 Å². The maximum Gasteiger partial charge on any atom is 0.272 e. The van der Waals surface area contributed by atoms with E-state index in [1.54, 1.807) is 30.3 Å². The fraction of sp³-hybridized carbons (Fsp3) is 0.250. The number of pyridine rings is 1. The molecule has 1 aromatic carbocycles. The number of aryl methyl sites for hydroxylation is 1. The molecule has 21 heavy (non-hydrogen) atoms. The fourth-order valence-corrected chi connectivity index (χ4v) is 2.04. The van der Waals surface area contributed by atoms with E-state index in [0.717, 1.165) is 15.8 Å². The van der Waals surface area contributed by atoms with Crippen molar-refractivity contribution in [3.05, 3.63) is 58.3 Å². The van der Waals surface area contributed by atoms with Crippen LogP contribution in [0, 0.1) is 6.92 Å². The van der Waals surface area contributed by atoms with Gasteiger partial charge in [-0.25, -0.2) is 4.98 Å². The molecule has 1 heterocycles. The standard InChI is InChI=1S/C16H17BrN2O2/c1-12-5-3-4-6-15(12)21-10-9-19(2)16(20)14-8-7-13(17)11-18-14/h3-8,11H,9-10H2,1-2H3. The van der Waals surface area contributed by atoms with Crippen LogP contribution >= 0.6 is 15.9 Å². The predicted molar refractivity (Wildman–Crippen MR) is 85.6 cm³/mol. The molecule has 0 aliphatic heterocycles. The van der Waals surface area contributed by atoms with Gasteiger partial charge in [-0.1, -0.05) is 18.2 Å². The van der Waals surface area contributed by atoms with Crippen molar-refractivity contribution in [3.8, 4) is 5.75 Å². The van der Waals surface area contributed by atoms with Crippen LogP contribution in [0.4, 0.5) is 0 Å². The van der Waals surface area contributed by atoms with E-state index in [1.807, 2.05) is 31.2 Å². The van der Waals surface area contributed by atoms with Crippen molar-refractivity contribution >= 4 is 21.8 Å². The number of halogens is 1. The van der Waals surface area contributed by atoms with Gasteiger partial charge in [0.2, 0.25) is 0 Å². The first-order valence-corrected chi connectivity index (χ1v) is 7.42. The number of carbonyl (C=O) groups excluding carboxylic acids is 1. The van der Waals surface area contributed by atoms with Gasteiger partial charge in [0, 0.05) is 17.7 Å². The predicted octanol–water partition coefficient (Wildman–Crippen LogP) is 3.30. The summed E-state index contributed by atoms with van der Waals surface area (Å²) in [7, 11) is 1.74. The first-order chi connectivity index (χ1) is 10.1. The molecule has 0 saturated heterocycles. The second-order valence-electron chi connectivity index (χ2n) is 4.70. The van der Waals surface area contributed by atoms with Gasteiger partial charge < -0.3 is 9.64 Å². The van der Waals surface area contributed by atoms with Gasteiger partial charge in [0.05, 0.1) is 6.54 Å². The molecule has 5 heteroatoms. The van der Waals surface area contributed by atoms with Crippen molar-refractivity contribution in [2.45, 2.75) is 6.92 Å². The Balaban J connectivity index is 1.87. The summed E-state index contributed by atoms with van der Waals surface area (Å²) in [6, 6.07) is 11.3. The van der Waals surface area contributed by atoms with Crippen LogP contribution in [0.1, 0.15) is 16.1 Å². The lowest BCUT2D eigenvalue weighted by Crippen LogP contribution is -2.31. The average Bonchev–Trinajstić information content (AvgIpc) is 2.49. The maximum atomic E-state index is 12.2. The molecule has 0 unspecified atom stereocenters. The fourth-order valence-electron chi connectivity index (χ4n) is 1.81. The Hall–Kier alpha value is -1.88. The molecule has 0 aliphatic carbocycles. The highest BCUT2D eigenvalue weighted by molar-refractivity contribution is 9.10. The summed E-state index contributed by atoms with van der Waals surface area (Å²) >= 11 is 3.30. The molecule has 1 aromatic heterocycles. The molecule has 0 spiro atoms. The molecule has 0 saturated carbocycles. The molecule has 4 nitrogen and oxygen atoms in total. The van der Waals surface area contributed by atoms with Gasteiger partial charge in [-0.3, -0.25) is 4.79 Å². The molecule has 0 bridgehead atoms. The lowest BCUT2D eigenvalue weighted by Gasteiger charge is -2.17. The third-order valence-corrected chi connectivity index (χ3v) is 3.54. The Kier molecular flexibility index (Phi) is 5.33. The molecule has 110 valence electrons. The van der Waals surface area contributed by atoms with Gasteiger partial charge in [-0.2, -0.15) is 0 Å². The zero-order valence-corrected chi connectivity index (χ0v) is 13.6. The van der Waals surface area contributed by atoms with Gasteiger partial charge >= 0.3 is 0 Å². The van der Waals surface area contributed by atoms with Crippen LogP contribution in [0.15, 0.2) is 47.1 Å². The highest BCUT2D eigenvalue weighted by Gasteiger charge is 2.12. The second-order valence-corrected chi connectivity index (χ2v) is 5.62. The molecule has 0 fully saturated rings. The lowest BCUT2D eigenvalue weighted by molar-refractivity contribution is 0.0768. The zero-order valence-electron chi connectivity index (χ0n) is 12.0. The van der Waals surface area contributed by atoms with E-state index < -0.39 is 0 Å². The Labute approximate surface area is 132 Å². The number of hydrogen-bond donors (Lipinski definition) is 0. The summed E-state index contributed by atoms with van der Waals surface area (Å²) in [5.41, 5.74) is 1.51. The second kappa shape index (κ2) is 7.22. The minimum absolute atomic E-state index is 0.115. The number of benzene rings is 1. The van der Waals surface area contributed by atoms with Crippen molar-refractivity contribution in [3.63, 3.8) is 0 Å². The molecule has 2 aromatic rings. The average molecular weight is 349 g/mol. The maximum absolute atomic E-state index is 12.2. The van der Waals surface area contributed by atoms with Crippen LogP contribution in [-0.4, -0.2) is 36.0 Å². The number of ether oxygens (including phenoxy) is 1. The smallest absolute Gasteiger partial charge is 0.272 e.